The van der Waals surface area contributed by atoms with Crippen molar-refractivity contribution in [3.05, 3.63) is 50.0 Å². The molecule has 0 amide bonds. The smallest absolute Gasteiger partial charge is 0.0975 e. The van der Waals surface area contributed by atoms with Crippen molar-refractivity contribution in [1.82, 2.24) is 4.98 Å². The number of thiazole rings is 1. The van der Waals surface area contributed by atoms with Crippen LogP contribution in [0.5, 0.6) is 0 Å². The van der Waals surface area contributed by atoms with Crippen LogP contribution in [0.3, 0.4) is 0 Å². The lowest BCUT2D eigenvalue weighted by Crippen LogP contribution is -1.86. The lowest BCUT2D eigenvalue weighted by atomic mass is 10.2. The van der Waals surface area contributed by atoms with Gasteiger partial charge in [0.25, 0.3) is 0 Å². The Labute approximate surface area is 95.0 Å². The van der Waals surface area contributed by atoms with Crippen LogP contribution in [-0.2, 0) is 6.42 Å². The molecule has 1 aromatic heterocycles. The fourth-order valence-corrected chi connectivity index (χ4v) is 2.02. The van der Waals surface area contributed by atoms with E-state index in [1.54, 1.807) is 17.5 Å². The zero-order chi connectivity index (χ0) is 9.10. The number of halogens is 1. The van der Waals surface area contributed by atoms with E-state index in [0.29, 0.717) is 0 Å². The molecular weight excluding hydrogens is 293 g/mol. The number of rotatable bonds is 2. The Kier molecular flexibility index (Phi) is 2.95. The van der Waals surface area contributed by atoms with E-state index < -0.39 is 0 Å². The van der Waals surface area contributed by atoms with Gasteiger partial charge in [-0.1, -0.05) is 12.1 Å². The van der Waals surface area contributed by atoms with Crippen LogP contribution in [0.25, 0.3) is 0 Å². The molecular formula is C10H7INS. The van der Waals surface area contributed by atoms with Gasteiger partial charge in [-0.05, 0) is 40.3 Å². The van der Waals surface area contributed by atoms with Crippen LogP contribution in [0, 0.1) is 8.95 Å². The predicted octanol–water partition coefficient (Wildman–Crippen LogP) is 3.14. The van der Waals surface area contributed by atoms with Crippen molar-refractivity contribution in [1.29, 1.82) is 0 Å². The van der Waals surface area contributed by atoms with Crippen molar-refractivity contribution in [2.24, 2.45) is 0 Å². The van der Waals surface area contributed by atoms with E-state index in [9.17, 15) is 0 Å². The average Bonchev–Trinajstić information content (AvgIpc) is 2.62. The molecule has 65 valence electrons. The monoisotopic (exact) mass is 300 g/mol. The third kappa shape index (κ3) is 2.51. The minimum Gasteiger partial charge on any atom is -0.249 e. The van der Waals surface area contributed by atoms with Crippen molar-refractivity contribution in [2.45, 2.75) is 6.42 Å². The number of hydrogen-bond donors (Lipinski definition) is 0. The Morgan fingerprint density at radius 2 is 2.08 bits per heavy atom. The Morgan fingerprint density at radius 3 is 2.69 bits per heavy atom. The van der Waals surface area contributed by atoms with E-state index in [2.05, 4.69) is 57.2 Å². The largest absolute Gasteiger partial charge is 0.249 e. The molecule has 0 aliphatic carbocycles. The summed E-state index contributed by atoms with van der Waals surface area (Å²) in [4.78, 5) is 4.20. The summed E-state index contributed by atoms with van der Waals surface area (Å²) in [5.74, 6) is 0. The van der Waals surface area contributed by atoms with Crippen LogP contribution < -0.4 is 0 Å². The highest BCUT2D eigenvalue weighted by Crippen LogP contribution is 2.13. The third-order valence-electron chi connectivity index (χ3n) is 1.71. The van der Waals surface area contributed by atoms with Crippen molar-refractivity contribution >= 4 is 33.9 Å². The molecule has 0 atom stereocenters. The summed E-state index contributed by atoms with van der Waals surface area (Å²) in [6.45, 7) is 0. The molecule has 0 N–H and O–H groups in total. The second kappa shape index (κ2) is 4.19. The van der Waals surface area contributed by atoms with Gasteiger partial charge in [-0.25, -0.2) is 4.98 Å². The van der Waals surface area contributed by atoms with Crippen molar-refractivity contribution in [3.63, 3.8) is 0 Å². The van der Waals surface area contributed by atoms with Crippen LogP contribution in [0.2, 0.25) is 0 Å². The minimum atomic E-state index is 0.922. The van der Waals surface area contributed by atoms with Crippen LogP contribution in [0.1, 0.15) is 10.6 Å². The second-order valence-corrected chi connectivity index (χ2v) is 4.83. The van der Waals surface area contributed by atoms with Crippen LogP contribution in [0.15, 0.2) is 30.5 Å². The summed E-state index contributed by atoms with van der Waals surface area (Å²) in [6.07, 6.45) is 2.65. The first-order valence-electron chi connectivity index (χ1n) is 3.90. The van der Waals surface area contributed by atoms with Gasteiger partial charge in [0.1, 0.15) is 0 Å². The number of benzene rings is 1. The summed E-state index contributed by atoms with van der Waals surface area (Å²) in [6, 6.07) is 8.52. The van der Waals surface area contributed by atoms with Crippen molar-refractivity contribution < 1.29 is 0 Å². The van der Waals surface area contributed by atoms with Gasteiger partial charge in [-0.3, -0.25) is 0 Å². The van der Waals surface area contributed by atoms with E-state index in [1.165, 1.54) is 9.13 Å². The summed E-state index contributed by atoms with van der Waals surface area (Å²) >= 11 is 3.89. The van der Waals surface area contributed by atoms with Gasteiger partial charge in [-0.2, -0.15) is 0 Å². The number of aromatic nitrogens is 1. The molecule has 0 spiro atoms. The van der Waals surface area contributed by atoms with E-state index >= 15 is 0 Å². The van der Waals surface area contributed by atoms with Crippen LogP contribution in [-0.4, -0.2) is 4.98 Å². The molecule has 1 nitrogen and oxygen atoms in total. The number of hydrogen-bond acceptors (Lipinski definition) is 2. The molecule has 0 bridgehead atoms. The molecule has 2 rings (SSSR count). The van der Waals surface area contributed by atoms with Crippen LogP contribution >= 0.6 is 33.9 Å². The molecule has 0 aliphatic heterocycles. The van der Waals surface area contributed by atoms with E-state index in [0.717, 1.165) is 11.4 Å². The van der Waals surface area contributed by atoms with Gasteiger partial charge in [-0.15, -0.1) is 11.3 Å². The number of nitrogens with zero attached hydrogens (tertiary/aromatic N) is 1. The molecule has 13 heavy (non-hydrogen) atoms. The molecule has 0 saturated carbocycles. The summed E-state index contributed by atoms with van der Waals surface area (Å²) < 4.78 is 1.27. The zero-order valence-electron chi connectivity index (χ0n) is 6.83. The summed E-state index contributed by atoms with van der Waals surface area (Å²) in [5, 5.41) is 4.12. The van der Waals surface area contributed by atoms with Gasteiger partial charge >= 0.3 is 0 Å². The average molecular weight is 300 g/mol. The molecule has 0 unspecified atom stereocenters. The van der Waals surface area contributed by atoms with Gasteiger partial charge in [0.05, 0.1) is 10.4 Å². The Hall–Kier alpha value is -0.420. The molecule has 1 aromatic carbocycles. The summed E-state index contributed by atoms with van der Waals surface area (Å²) in [5.41, 5.74) is 1.31. The van der Waals surface area contributed by atoms with E-state index in [4.69, 9.17) is 0 Å². The SMILES string of the molecule is Ic1ccc(Cc2nc[c]s2)cc1. The zero-order valence-corrected chi connectivity index (χ0v) is 9.80. The van der Waals surface area contributed by atoms with Gasteiger partial charge in [0.2, 0.25) is 0 Å². The minimum absolute atomic E-state index is 0.922. The fraction of sp³-hybridized carbons (Fsp3) is 0.100. The van der Waals surface area contributed by atoms with E-state index in [-0.39, 0.29) is 0 Å². The molecule has 0 saturated heterocycles. The van der Waals surface area contributed by atoms with Gasteiger partial charge < -0.3 is 0 Å². The molecule has 1 radical (unpaired) electrons. The maximum atomic E-state index is 4.20. The first-order chi connectivity index (χ1) is 6.34. The molecule has 2 aromatic rings. The molecule has 1 heterocycles. The Morgan fingerprint density at radius 1 is 1.31 bits per heavy atom. The Balaban J connectivity index is 2.15. The lowest BCUT2D eigenvalue weighted by Gasteiger charge is -1.97. The Bertz CT molecular complexity index is 366. The molecule has 0 aliphatic rings. The lowest BCUT2D eigenvalue weighted by molar-refractivity contribution is 1.14. The van der Waals surface area contributed by atoms with E-state index in [1.807, 2.05) is 0 Å². The van der Waals surface area contributed by atoms with Crippen molar-refractivity contribution in [3.8, 4) is 0 Å². The summed E-state index contributed by atoms with van der Waals surface area (Å²) in [7, 11) is 0. The third-order valence-corrected chi connectivity index (χ3v) is 3.13. The van der Waals surface area contributed by atoms with Gasteiger partial charge in [0, 0.05) is 16.2 Å². The second-order valence-electron chi connectivity index (χ2n) is 2.68. The van der Waals surface area contributed by atoms with Crippen LogP contribution in [0.4, 0.5) is 0 Å². The molecule has 0 fully saturated rings. The van der Waals surface area contributed by atoms with Crippen molar-refractivity contribution in [2.75, 3.05) is 0 Å². The predicted molar refractivity (Wildman–Crippen MR) is 62.9 cm³/mol. The van der Waals surface area contributed by atoms with Gasteiger partial charge in [0.15, 0.2) is 0 Å². The first-order valence-corrected chi connectivity index (χ1v) is 5.79. The quantitative estimate of drug-likeness (QED) is 0.777. The highest BCUT2D eigenvalue weighted by molar-refractivity contribution is 14.1. The highest BCUT2D eigenvalue weighted by atomic mass is 127. The first kappa shape index (κ1) is 9.15. The highest BCUT2D eigenvalue weighted by Gasteiger charge is 1.97. The molecule has 3 heteroatoms. The topological polar surface area (TPSA) is 12.9 Å². The maximum Gasteiger partial charge on any atom is 0.0975 e. The fourth-order valence-electron chi connectivity index (χ4n) is 1.08. The standard InChI is InChI=1S/C10H7INS/c11-9-3-1-8(2-4-9)7-10-12-5-6-13-10/h1-5H,7H2. The maximum absolute atomic E-state index is 4.20. The normalized spacial score (nSPS) is 10.2.